The van der Waals surface area contributed by atoms with E-state index in [0.717, 1.165) is 25.7 Å². The van der Waals surface area contributed by atoms with E-state index in [4.69, 9.17) is 21.1 Å². The first-order valence-corrected chi connectivity index (χ1v) is 13.8. The zero-order valence-electron chi connectivity index (χ0n) is 19.8. The smallest absolute Gasteiger partial charge is 0.359 e. The van der Waals surface area contributed by atoms with Crippen molar-refractivity contribution in [2.75, 3.05) is 18.5 Å². The second-order valence-electron chi connectivity index (χ2n) is 9.30. The lowest BCUT2D eigenvalue weighted by molar-refractivity contribution is -0.109. The molecule has 1 aliphatic carbocycles. The van der Waals surface area contributed by atoms with Gasteiger partial charge in [-0.2, -0.15) is 20.3 Å². The van der Waals surface area contributed by atoms with Gasteiger partial charge < -0.3 is 39.9 Å². The quantitative estimate of drug-likeness (QED) is 0.114. The Kier molecular flexibility index (Phi) is 7.65. The van der Waals surface area contributed by atoms with Crippen molar-refractivity contribution in [3.8, 4) is 0 Å². The molecule has 0 spiro atoms. The number of halogens is 1. The highest BCUT2D eigenvalue weighted by atomic mass is 35.5. The van der Waals surface area contributed by atoms with Gasteiger partial charge in [0.25, 0.3) is 0 Å². The van der Waals surface area contributed by atoms with Gasteiger partial charge in [0, 0.05) is 6.04 Å². The van der Waals surface area contributed by atoms with Crippen LogP contribution in [-0.4, -0.2) is 108 Å². The maximum Gasteiger partial charge on any atom is 0.359 e. The number of hydrogen-bond donors (Lipinski definition) is 7. The van der Waals surface area contributed by atoms with E-state index in [1.54, 1.807) is 0 Å². The molecule has 5 rings (SSSR count). The molecule has 1 unspecified atom stereocenters. The molecule has 2 aliphatic rings. The lowest BCUT2D eigenvalue weighted by atomic mass is 10.1. The average molecular weight is 576 g/mol. The molecule has 208 valence electrons. The van der Waals surface area contributed by atoms with Gasteiger partial charge in [0.2, 0.25) is 5.28 Å². The highest BCUT2D eigenvalue weighted by Crippen LogP contribution is 2.53. The number of anilines is 1. The van der Waals surface area contributed by atoms with E-state index in [0.29, 0.717) is 11.2 Å². The molecule has 2 fully saturated rings. The third-order valence-corrected chi connectivity index (χ3v) is 8.48. The minimum atomic E-state index is -5.11. The lowest BCUT2D eigenvalue weighted by Gasteiger charge is -2.32. The molecule has 0 bridgehead atoms. The molecule has 1 aliphatic heterocycles. The number of aromatic amines is 1. The molecule has 3 aromatic heterocycles. The van der Waals surface area contributed by atoms with Gasteiger partial charge in [-0.3, -0.25) is 4.57 Å². The maximum absolute atomic E-state index is 12.3. The summed E-state index contributed by atoms with van der Waals surface area (Å²) in [4.78, 5) is 28.4. The zero-order valence-corrected chi connectivity index (χ0v) is 21.5. The average Bonchev–Trinajstić information content (AvgIpc) is 3.67. The summed E-state index contributed by atoms with van der Waals surface area (Å²) < 4.78 is 24.8. The van der Waals surface area contributed by atoms with Crippen LogP contribution in [-0.2, 0) is 20.5 Å². The van der Waals surface area contributed by atoms with E-state index in [9.17, 15) is 29.7 Å². The fourth-order valence-corrected chi connectivity index (χ4v) is 5.64. The molecule has 1 saturated heterocycles. The predicted octanol–water partition coefficient (Wildman–Crippen LogP) is -0.908. The van der Waals surface area contributed by atoms with Gasteiger partial charge in [0.15, 0.2) is 23.0 Å². The lowest BCUT2D eigenvalue weighted by Crippen LogP contribution is -2.43. The second-order valence-corrected chi connectivity index (χ2v) is 11.5. The Morgan fingerprint density at radius 1 is 1.26 bits per heavy atom. The number of aliphatic hydroxyl groups excluding tert-OH is 3. The minimum absolute atomic E-state index is 0.0523. The Morgan fingerprint density at radius 3 is 2.68 bits per heavy atom. The van der Waals surface area contributed by atoms with Crippen molar-refractivity contribution in [1.82, 2.24) is 40.4 Å². The molecule has 5 atom stereocenters. The Hall–Kier alpha value is -2.34. The number of H-pyrrole nitrogens is 1. The van der Waals surface area contributed by atoms with E-state index in [1.165, 1.54) is 10.9 Å². The number of tetrazole rings is 1. The maximum atomic E-state index is 12.3. The number of rotatable bonds is 10. The van der Waals surface area contributed by atoms with Crippen LogP contribution in [0.4, 0.5) is 5.82 Å². The normalized spacial score (nSPS) is 26.3. The molecule has 7 N–H and O–H groups in total. The Balaban J connectivity index is 1.36. The summed E-state index contributed by atoms with van der Waals surface area (Å²) in [6.45, 7) is -1.71. The van der Waals surface area contributed by atoms with Gasteiger partial charge in [0.1, 0.15) is 24.1 Å². The predicted molar refractivity (Wildman–Crippen MR) is 128 cm³/mol. The largest absolute Gasteiger partial charge is 0.393 e. The summed E-state index contributed by atoms with van der Waals surface area (Å²) >= 11 is 6.16. The fraction of sp³-hybridized carbons (Fsp3) is 0.684. The molecule has 19 heteroatoms. The number of aliphatic hydroxyl groups is 3. The monoisotopic (exact) mass is 575 g/mol. The first kappa shape index (κ1) is 27.2. The Morgan fingerprint density at radius 2 is 2.03 bits per heavy atom. The summed E-state index contributed by atoms with van der Waals surface area (Å²) in [5.74, 6) is 0.372. The summed E-state index contributed by atoms with van der Waals surface area (Å²) in [5, 5.41) is 49.7. The Labute approximate surface area is 219 Å². The van der Waals surface area contributed by atoms with Gasteiger partial charge in [-0.05, 0) is 24.4 Å². The molecule has 3 aromatic rings. The van der Waals surface area contributed by atoms with Crippen LogP contribution in [0.3, 0.4) is 0 Å². The second kappa shape index (κ2) is 10.7. The number of hydrogen-bond acceptors (Lipinski definition) is 13. The number of nitrogens with one attached hydrogen (secondary N) is 2. The van der Waals surface area contributed by atoms with E-state index in [-0.39, 0.29) is 22.8 Å². The SMILES string of the molecule is O=P(O)(O)C(CO)(Cc1nn[nH]n1)OC[C@H]1O[C@H](n2ncc3c(NC4CCCC4)nc(Cl)nc32)[C@H](O)[C@@H]1O. The van der Waals surface area contributed by atoms with Crippen LogP contribution in [0.2, 0.25) is 5.28 Å². The van der Waals surface area contributed by atoms with Gasteiger partial charge in [-0.1, -0.05) is 18.1 Å². The van der Waals surface area contributed by atoms with Gasteiger partial charge in [0.05, 0.1) is 31.2 Å². The third kappa shape index (κ3) is 5.13. The zero-order chi connectivity index (χ0) is 27.1. The molecule has 1 saturated carbocycles. The van der Waals surface area contributed by atoms with Gasteiger partial charge in [-0.15, -0.1) is 10.2 Å². The molecule has 0 aromatic carbocycles. The Bertz CT molecular complexity index is 1300. The third-order valence-electron chi connectivity index (χ3n) is 6.82. The van der Waals surface area contributed by atoms with Crippen LogP contribution in [0, 0.1) is 0 Å². The molecule has 0 radical (unpaired) electrons. The van der Waals surface area contributed by atoms with E-state index < -0.39 is 57.1 Å². The van der Waals surface area contributed by atoms with Crippen molar-refractivity contribution in [1.29, 1.82) is 0 Å². The summed E-state index contributed by atoms with van der Waals surface area (Å²) in [7, 11) is -5.11. The van der Waals surface area contributed by atoms with Crippen molar-refractivity contribution in [3.63, 3.8) is 0 Å². The highest BCUT2D eigenvalue weighted by molar-refractivity contribution is 7.53. The van der Waals surface area contributed by atoms with Crippen molar-refractivity contribution in [3.05, 3.63) is 17.3 Å². The van der Waals surface area contributed by atoms with Gasteiger partial charge in [-0.25, -0.2) is 4.68 Å². The number of nitrogens with zero attached hydrogens (tertiary/aromatic N) is 7. The molecule has 4 heterocycles. The molecule has 17 nitrogen and oxygen atoms in total. The van der Waals surface area contributed by atoms with Crippen molar-refractivity contribution in [2.45, 2.75) is 68.0 Å². The van der Waals surface area contributed by atoms with Crippen LogP contribution < -0.4 is 5.32 Å². The van der Waals surface area contributed by atoms with Crippen molar-refractivity contribution >= 4 is 36.0 Å². The van der Waals surface area contributed by atoms with E-state index in [1.807, 2.05) is 0 Å². The highest BCUT2D eigenvalue weighted by Gasteiger charge is 2.52. The van der Waals surface area contributed by atoms with E-state index >= 15 is 0 Å². The van der Waals surface area contributed by atoms with Crippen LogP contribution in [0.5, 0.6) is 0 Å². The van der Waals surface area contributed by atoms with Crippen LogP contribution in [0.15, 0.2) is 6.20 Å². The van der Waals surface area contributed by atoms with Crippen LogP contribution in [0.1, 0.15) is 37.7 Å². The van der Waals surface area contributed by atoms with Crippen LogP contribution >= 0.6 is 19.2 Å². The van der Waals surface area contributed by atoms with Crippen molar-refractivity contribution in [2.24, 2.45) is 0 Å². The van der Waals surface area contributed by atoms with Gasteiger partial charge >= 0.3 is 7.60 Å². The number of ether oxygens (including phenoxy) is 2. The fourth-order valence-electron chi connectivity index (χ4n) is 4.70. The summed E-state index contributed by atoms with van der Waals surface area (Å²) in [5.41, 5.74) is 0.250. The topological polar surface area (TPSA) is 247 Å². The molecular formula is C19H27ClN9O8P. The summed E-state index contributed by atoms with van der Waals surface area (Å²) in [6, 6.07) is 0.234. The molecule has 0 amide bonds. The van der Waals surface area contributed by atoms with Crippen LogP contribution in [0.25, 0.3) is 11.0 Å². The summed E-state index contributed by atoms with van der Waals surface area (Å²) in [6.07, 6.45) is -0.442. The first-order chi connectivity index (χ1) is 18.1. The molecule has 38 heavy (non-hydrogen) atoms. The minimum Gasteiger partial charge on any atom is -0.393 e. The number of fused-ring (bicyclic) bond motifs is 1. The number of aromatic nitrogens is 8. The van der Waals surface area contributed by atoms with E-state index in [2.05, 4.69) is 41.0 Å². The standard InChI is InChI=1S/C19H27ClN9O8P/c20-18-23-15(22-9-3-1-2-4-9)10-6-21-29(16(10)24-18)17-14(32)13(31)11(37-17)7-36-19(8-30,38(33,34)35)5-12-25-27-28-26-12/h6,9,11,13-14,17,30-32H,1-5,7-8H2,(H,22,23,24)(H2,33,34,35)(H,25,26,27,28)/t11-,13-,14-,17+,19?/m1/s1. The molecular weight excluding hydrogens is 549 g/mol. The first-order valence-electron chi connectivity index (χ1n) is 11.8. The van der Waals surface area contributed by atoms with Crippen molar-refractivity contribution < 1.29 is 39.1 Å².